The van der Waals surface area contributed by atoms with Gasteiger partial charge in [-0.2, -0.15) is 17.9 Å². The van der Waals surface area contributed by atoms with Gasteiger partial charge >= 0.3 is 19.8 Å². The average molecular weight is 548 g/mol. The standard InChI is InChI=1S/C19H29N6O.Os/c1-13-8-17(23-24-12-14(2)25(26)19(13)24)18-11-21-16(10-22-18)5-3-4-15-6-7-20-9-15;/h3,11,13-15,17,19-20,23H,4-9,12H2,1-2H3;/q-1;+2/t13?,14?,15-,17?,19?;/m1./s1. The van der Waals surface area contributed by atoms with Crippen LogP contribution in [0.5, 0.6) is 0 Å². The maximum absolute atomic E-state index is 12.2. The van der Waals surface area contributed by atoms with E-state index in [4.69, 9.17) is 0 Å². The molecule has 2 N–H and O–H groups in total. The number of nitrogens with one attached hydrogen (secondary N) is 2. The van der Waals surface area contributed by atoms with E-state index in [2.05, 4.69) is 45.3 Å². The van der Waals surface area contributed by atoms with Crippen molar-refractivity contribution in [1.29, 1.82) is 0 Å². The molecule has 0 bridgehead atoms. The molecule has 0 radical (unpaired) electrons. The van der Waals surface area contributed by atoms with E-state index in [0.29, 0.717) is 5.92 Å². The van der Waals surface area contributed by atoms with Crippen LogP contribution in [0.4, 0.5) is 0 Å². The van der Waals surface area contributed by atoms with E-state index in [1.165, 1.54) is 11.2 Å². The van der Waals surface area contributed by atoms with Gasteiger partial charge in [0.25, 0.3) is 6.17 Å². The average Bonchev–Trinajstić information content (AvgIpc) is 3.24. The normalized spacial score (nSPS) is 33.7. The third-order valence-electron chi connectivity index (χ3n) is 5.94. The van der Waals surface area contributed by atoms with Crippen LogP contribution in [0.3, 0.4) is 0 Å². The number of rotatable bonds is 5. The molecule has 27 heavy (non-hydrogen) atoms. The molecule has 148 valence electrons. The van der Waals surface area contributed by atoms with Crippen molar-refractivity contribution in [2.45, 2.75) is 57.8 Å². The predicted molar refractivity (Wildman–Crippen MR) is 97.7 cm³/mol. The third-order valence-corrected chi connectivity index (χ3v) is 5.94. The minimum absolute atomic E-state index is 0. The molecule has 7 nitrogen and oxygen atoms in total. The Kier molecular flexibility index (Phi) is 7.07. The Morgan fingerprint density at radius 2 is 2.30 bits per heavy atom. The van der Waals surface area contributed by atoms with Gasteiger partial charge in [-0.25, -0.2) is 0 Å². The smallest absolute Gasteiger partial charge is 0.451 e. The van der Waals surface area contributed by atoms with Crippen LogP contribution in [0.25, 0.3) is 0 Å². The first kappa shape index (κ1) is 20.9. The van der Waals surface area contributed by atoms with Gasteiger partial charge in [0.2, 0.25) is 6.04 Å². The molecule has 0 spiro atoms. The SMILES string of the molecule is CC1CC(c2cnc(C[CH-]C[C@@H]3CCNC3)[c-]n2)NN2CC(C)[N+](=O)C12.[Os+2]. The fourth-order valence-electron chi connectivity index (χ4n) is 4.46. The van der Waals surface area contributed by atoms with Crippen LogP contribution in [0.15, 0.2) is 6.20 Å². The second-order valence-electron chi connectivity index (χ2n) is 8.11. The number of hydrazine groups is 1. The zero-order valence-electron chi connectivity index (χ0n) is 16.0. The molecule has 4 rings (SSSR count). The molecule has 1 aromatic heterocycles. The summed E-state index contributed by atoms with van der Waals surface area (Å²) in [7, 11) is 0. The zero-order chi connectivity index (χ0) is 18.1. The molecule has 4 unspecified atom stereocenters. The first-order valence-electron chi connectivity index (χ1n) is 9.86. The Labute approximate surface area is 174 Å². The van der Waals surface area contributed by atoms with E-state index in [-0.39, 0.29) is 38.0 Å². The van der Waals surface area contributed by atoms with Crippen LogP contribution >= 0.6 is 0 Å². The van der Waals surface area contributed by atoms with Gasteiger partial charge < -0.3 is 16.7 Å². The van der Waals surface area contributed by atoms with Crippen molar-refractivity contribution >= 4 is 0 Å². The number of aromatic nitrogens is 2. The summed E-state index contributed by atoms with van der Waals surface area (Å²) in [5.74, 6) is 1.06. The van der Waals surface area contributed by atoms with E-state index < -0.39 is 0 Å². The van der Waals surface area contributed by atoms with Crippen LogP contribution in [0.1, 0.15) is 50.5 Å². The maximum atomic E-state index is 12.2. The second-order valence-corrected chi connectivity index (χ2v) is 8.11. The molecule has 3 fully saturated rings. The number of nitroso groups, excluding NO2 is 1. The van der Waals surface area contributed by atoms with Crippen LogP contribution in [-0.4, -0.2) is 51.6 Å². The van der Waals surface area contributed by atoms with Crippen LogP contribution in [-0.2, 0) is 26.2 Å². The molecule has 5 atom stereocenters. The van der Waals surface area contributed by atoms with Crippen molar-refractivity contribution in [1.82, 2.24) is 25.7 Å². The summed E-state index contributed by atoms with van der Waals surface area (Å²) in [6.07, 6.45) is 11.3. The Morgan fingerprint density at radius 1 is 1.44 bits per heavy atom. The van der Waals surface area contributed by atoms with Crippen LogP contribution < -0.4 is 10.7 Å². The van der Waals surface area contributed by atoms with E-state index >= 15 is 0 Å². The second kappa shape index (κ2) is 9.13. The van der Waals surface area contributed by atoms with Crippen LogP contribution in [0, 0.1) is 29.4 Å². The van der Waals surface area contributed by atoms with Gasteiger partial charge in [0, 0.05) is 22.5 Å². The van der Waals surface area contributed by atoms with E-state index in [1.54, 1.807) is 0 Å². The first-order chi connectivity index (χ1) is 12.6. The van der Waals surface area contributed by atoms with Crippen molar-refractivity contribution in [3.8, 4) is 0 Å². The Hall–Kier alpha value is -0.804. The van der Waals surface area contributed by atoms with E-state index in [9.17, 15) is 4.91 Å². The summed E-state index contributed by atoms with van der Waals surface area (Å²) in [6.45, 7) is 7.15. The Balaban J connectivity index is 0.00000210. The van der Waals surface area contributed by atoms with Crippen molar-refractivity contribution in [3.05, 3.63) is 35.1 Å². The first-order valence-corrected chi connectivity index (χ1v) is 9.86. The van der Waals surface area contributed by atoms with Crippen LogP contribution in [0.2, 0.25) is 0 Å². The molecule has 8 heteroatoms. The molecule has 1 aromatic rings. The minimum Gasteiger partial charge on any atom is -0.451 e. The van der Waals surface area contributed by atoms with Gasteiger partial charge in [-0.05, 0) is 38.2 Å². The summed E-state index contributed by atoms with van der Waals surface area (Å²) in [5.41, 5.74) is 5.29. The van der Waals surface area contributed by atoms with E-state index in [1.807, 2.05) is 13.1 Å². The largest absolute Gasteiger partial charge is 2.00 e. The molecule has 3 aliphatic rings. The van der Waals surface area contributed by atoms with Gasteiger partial charge in [-0.15, -0.1) is 6.20 Å². The molecule has 3 saturated heterocycles. The molecule has 0 aromatic carbocycles. The number of nitrogens with zero attached hydrogens (tertiary/aromatic N) is 4. The monoisotopic (exact) mass is 549 g/mol. The third kappa shape index (κ3) is 4.62. The quantitative estimate of drug-likeness (QED) is 0.429. The summed E-state index contributed by atoms with van der Waals surface area (Å²) >= 11 is 0. The minimum atomic E-state index is -0.0721. The van der Waals surface area contributed by atoms with Gasteiger partial charge in [-0.1, -0.05) is 24.2 Å². The molecule has 4 heterocycles. The van der Waals surface area contributed by atoms with Crippen molar-refractivity contribution in [2.75, 3.05) is 19.6 Å². The molecular weight excluding hydrogens is 518 g/mol. The predicted octanol–water partition coefficient (Wildman–Crippen LogP) is 1.42. The molecular formula is C19H29N6OOs+. The summed E-state index contributed by atoms with van der Waals surface area (Å²) in [4.78, 5) is 21.3. The molecule has 0 amide bonds. The molecule has 3 aliphatic heterocycles. The van der Waals surface area contributed by atoms with Crippen molar-refractivity contribution in [2.24, 2.45) is 11.8 Å². The topological polar surface area (TPSA) is 73.2 Å². The number of fused-ring (bicyclic) bond motifs is 1. The van der Waals surface area contributed by atoms with Gasteiger partial charge in [0.1, 0.15) is 0 Å². The number of hydrogen-bond donors (Lipinski definition) is 2. The maximum Gasteiger partial charge on any atom is 2.00 e. The van der Waals surface area contributed by atoms with Gasteiger partial charge in [0.15, 0.2) is 0 Å². The van der Waals surface area contributed by atoms with Crippen molar-refractivity contribution in [3.63, 3.8) is 0 Å². The van der Waals surface area contributed by atoms with E-state index in [0.717, 1.165) is 56.2 Å². The zero-order valence-corrected chi connectivity index (χ0v) is 18.6. The summed E-state index contributed by atoms with van der Waals surface area (Å²) in [5, 5.41) is 5.48. The van der Waals surface area contributed by atoms with Gasteiger partial charge in [-0.3, -0.25) is 10.4 Å². The number of hydrogen-bond acceptors (Lipinski definition) is 6. The Bertz CT molecular complexity index is 636. The van der Waals surface area contributed by atoms with Gasteiger partial charge in [0.05, 0.1) is 6.54 Å². The fraction of sp³-hybridized carbons (Fsp3) is 0.737. The van der Waals surface area contributed by atoms with Crippen molar-refractivity contribution < 1.29 is 24.6 Å². The fourth-order valence-corrected chi connectivity index (χ4v) is 4.46. The molecule has 0 saturated carbocycles. The molecule has 0 aliphatic carbocycles. The summed E-state index contributed by atoms with van der Waals surface area (Å²) in [6, 6.07) is 0.130. The Morgan fingerprint density at radius 3 is 3.00 bits per heavy atom. The summed E-state index contributed by atoms with van der Waals surface area (Å²) < 4.78 is 1.23.